The summed E-state index contributed by atoms with van der Waals surface area (Å²) in [6.45, 7) is 0. The molecule has 0 aliphatic carbocycles. The van der Waals surface area contributed by atoms with Gasteiger partial charge in [-0.25, -0.2) is 4.98 Å². The molecule has 2 aliphatic heterocycles. The Hall–Kier alpha value is -4.33. The number of fused-ring (bicyclic) bond motifs is 2. The first-order valence-electron chi connectivity index (χ1n) is 9.53. The molecule has 8 nitrogen and oxygen atoms in total. The van der Waals surface area contributed by atoms with Crippen LogP contribution in [0, 0.1) is 0 Å². The molecule has 144 valence electrons. The normalized spacial score (nSPS) is 17.5. The predicted octanol–water partition coefficient (Wildman–Crippen LogP) is 2.62. The molecule has 0 saturated heterocycles. The zero-order chi connectivity index (χ0) is 19.9. The Morgan fingerprint density at radius 2 is 1.70 bits per heavy atom. The van der Waals surface area contributed by atoms with Crippen LogP contribution in [-0.4, -0.2) is 36.8 Å². The van der Waals surface area contributed by atoms with Crippen molar-refractivity contribution in [3.63, 3.8) is 0 Å². The first-order valence-corrected chi connectivity index (χ1v) is 9.53. The van der Waals surface area contributed by atoms with E-state index in [1.165, 1.54) is 0 Å². The number of aromatic nitrogens is 5. The fourth-order valence-corrected chi connectivity index (χ4v) is 3.73. The van der Waals surface area contributed by atoms with Crippen LogP contribution in [0.2, 0.25) is 0 Å². The minimum absolute atomic E-state index is 0.0930. The van der Waals surface area contributed by atoms with E-state index in [0.29, 0.717) is 5.82 Å². The Balaban J connectivity index is 1.42. The van der Waals surface area contributed by atoms with Crippen molar-refractivity contribution in [2.24, 2.45) is 5.10 Å². The Morgan fingerprint density at radius 3 is 2.50 bits per heavy atom. The molecular weight excluding hydrogens is 376 g/mol. The molecule has 3 N–H and O–H groups in total. The molecule has 30 heavy (non-hydrogen) atoms. The van der Waals surface area contributed by atoms with E-state index in [4.69, 9.17) is 4.98 Å². The third kappa shape index (κ3) is 2.66. The Bertz CT molecular complexity index is 1340. The number of allylic oxidation sites excluding steroid dienone is 2. The highest BCUT2D eigenvalue weighted by Gasteiger charge is 2.30. The van der Waals surface area contributed by atoms with Gasteiger partial charge in [-0.3, -0.25) is 20.4 Å². The largest absolute Gasteiger partial charge is 0.366 e. The first kappa shape index (κ1) is 16.6. The van der Waals surface area contributed by atoms with Gasteiger partial charge in [0.05, 0.1) is 11.7 Å². The molecule has 0 amide bonds. The summed E-state index contributed by atoms with van der Waals surface area (Å²) < 4.78 is 0. The van der Waals surface area contributed by atoms with Gasteiger partial charge in [-0.1, -0.05) is 12.1 Å². The third-order valence-electron chi connectivity index (χ3n) is 5.19. The van der Waals surface area contributed by atoms with Crippen LogP contribution < -0.4 is 10.7 Å². The minimum atomic E-state index is -0.0930. The van der Waals surface area contributed by atoms with Crippen LogP contribution in [-0.2, 0) is 0 Å². The zero-order valence-corrected chi connectivity index (χ0v) is 15.7. The molecule has 0 saturated carbocycles. The van der Waals surface area contributed by atoms with E-state index < -0.39 is 0 Å². The highest BCUT2D eigenvalue weighted by Crippen LogP contribution is 2.29. The van der Waals surface area contributed by atoms with Crippen LogP contribution in [0.25, 0.3) is 27.7 Å². The average molecular weight is 392 g/mol. The lowest BCUT2D eigenvalue weighted by atomic mass is 9.98. The van der Waals surface area contributed by atoms with Gasteiger partial charge in [-0.05, 0) is 23.8 Å². The number of rotatable bonds is 3. The number of H-pyrrole nitrogens is 1. The zero-order valence-electron chi connectivity index (χ0n) is 15.7. The molecule has 0 bridgehead atoms. The molecular formula is C22H16N8. The standard InChI is InChI=1S/C22H16N8/c1-3-13(8-23-5-1)15-7-16-20(29-30-21(16)26-10-15)22-27-18-12-25-11-17(19(18)28-22)14-4-2-6-24-9-14/h1-12,21,26,30H,(H,27,28). The molecule has 6 rings (SSSR count). The molecule has 0 spiro atoms. The number of hydrogen-bond acceptors (Lipinski definition) is 7. The van der Waals surface area contributed by atoms with Crippen molar-refractivity contribution in [1.82, 2.24) is 35.7 Å². The highest BCUT2D eigenvalue weighted by atomic mass is 15.4. The van der Waals surface area contributed by atoms with Crippen molar-refractivity contribution in [3.8, 4) is 11.1 Å². The number of hydrogen-bond donors (Lipinski definition) is 3. The number of pyridine rings is 3. The van der Waals surface area contributed by atoms with E-state index >= 15 is 0 Å². The number of aromatic amines is 1. The molecule has 2 aliphatic rings. The summed E-state index contributed by atoms with van der Waals surface area (Å²) in [6, 6.07) is 7.86. The minimum Gasteiger partial charge on any atom is -0.366 e. The van der Waals surface area contributed by atoms with Crippen LogP contribution in [0.3, 0.4) is 0 Å². The molecule has 1 unspecified atom stereocenters. The smallest absolute Gasteiger partial charge is 0.159 e. The number of dihydropyridines is 1. The van der Waals surface area contributed by atoms with Crippen LogP contribution >= 0.6 is 0 Å². The summed E-state index contributed by atoms with van der Waals surface area (Å²) in [5, 5.41) is 7.89. The van der Waals surface area contributed by atoms with Gasteiger partial charge in [0.2, 0.25) is 0 Å². The third-order valence-corrected chi connectivity index (χ3v) is 5.19. The monoisotopic (exact) mass is 392 g/mol. The maximum Gasteiger partial charge on any atom is 0.159 e. The summed E-state index contributed by atoms with van der Waals surface area (Å²) in [6.07, 6.45) is 14.8. The quantitative estimate of drug-likeness (QED) is 0.495. The second-order valence-electron chi connectivity index (χ2n) is 7.04. The number of nitrogens with zero attached hydrogens (tertiary/aromatic N) is 5. The lowest BCUT2D eigenvalue weighted by Crippen LogP contribution is -2.37. The van der Waals surface area contributed by atoms with Gasteiger partial charge in [0.15, 0.2) is 5.82 Å². The molecule has 4 aromatic heterocycles. The second kappa shape index (κ2) is 6.63. The highest BCUT2D eigenvalue weighted by molar-refractivity contribution is 6.15. The topological polar surface area (TPSA) is 104 Å². The van der Waals surface area contributed by atoms with Gasteiger partial charge in [0, 0.05) is 59.4 Å². The Labute approximate surface area is 171 Å². The van der Waals surface area contributed by atoms with E-state index in [0.717, 1.165) is 44.6 Å². The van der Waals surface area contributed by atoms with E-state index in [-0.39, 0.29) is 6.17 Å². The van der Waals surface area contributed by atoms with Crippen LogP contribution in [0.4, 0.5) is 0 Å². The van der Waals surface area contributed by atoms with Crippen molar-refractivity contribution in [1.29, 1.82) is 0 Å². The number of imidazole rings is 1. The molecule has 1 atom stereocenters. The van der Waals surface area contributed by atoms with Gasteiger partial charge >= 0.3 is 0 Å². The van der Waals surface area contributed by atoms with Gasteiger partial charge in [-0.2, -0.15) is 5.10 Å². The predicted molar refractivity (Wildman–Crippen MR) is 114 cm³/mol. The van der Waals surface area contributed by atoms with Crippen molar-refractivity contribution in [3.05, 3.63) is 90.7 Å². The van der Waals surface area contributed by atoms with Crippen molar-refractivity contribution < 1.29 is 0 Å². The maximum absolute atomic E-state index is 4.87. The fourth-order valence-electron chi connectivity index (χ4n) is 3.73. The molecule has 0 fully saturated rings. The molecule has 0 aromatic carbocycles. The van der Waals surface area contributed by atoms with E-state index in [9.17, 15) is 0 Å². The van der Waals surface area contributed by atoms with Gasteiger partial charge in [0.1, 0.15) is 17.4 Å². The molecule has 8 heteroatoms. The van der Waals surface area contributed by atoms with Gasteiger partial charge < -0.3 is 10.3 Å². The molecule has 6 heterocycles. The van der Waals surface area contributed by atoms with E-state index in [1.54, 1.807) is 18.6 Å². The van der Waals surface area contributed by atoms with Crippen molar-refractivity contribution in [2.75, 3.05) is 0 Å². The summed E-state index contributed by atoms with van der Waals surface area (Å²) in [5.41, 5.74) is 10.6. The Kier molecular flexibility index (Phi) is 3.67. The first-order chi connectivity index (χ1) is 14.9. The summed E-state index contributed by atoms with van der Waals surface area (Å²) >= 11 is 0. The van der Waals surface area contributed by atoms with Crippen molar-refractivity contribution in [2.45, 2.75) is 6.17 Å². The molecule has 4 aromatic rings. The van der Waals surface area contributed by atoms with Crippen LogP contribution in [0.15, 0.2) is 84.4 Å². The summed E-state index contributed by atoms with van der Waals surface area (Å²) in [5.74, 6) is 0.693. The van der Waals surface area contributed by atoms with Crippen molar-refractivity contribution >= 4 is 22.3 Å². The maximum atomic E-state index is 4.87. The van der Waals surface area contributed by atoms with Crippen LogP contribution in [0.1, 0.15) is 11.4 Å². The lowest BCUT2D eigenvalue weighted by Gasteiger charge is -2.19. The molecule has 0 radical (unpaired) electrons. The second-order valence-corrected chi connectivity index (χ2v) is 7.04. The fraction of sp³-hybridized carbons (Fsp3) is 0.0455. The van der Waals surface area contributed by atoms with E-state index in [1.807, 2.05) is 49.1 Å². The number of nitrogens with one attached hydrogen (secondary N) is 3. The van der Waals surface area contributed by atoms with Gasteiger partial charge in [-0.15, -0.1) is 0 Å². The number of hydrazone groups is 1. The SMILES string of the molecule is C1=C(c2cccnc2)C=C2C(c3nc4c(-c5cccnc5)cncc4[nH]3)=NNC2N1. The Morgan fingerprint density at radius 1 is 0.867 bits per heavy atom. The van der Waals surface area contributed by atoms with Crippen LogP contribution in [0.5, 0.6) is 0 Å². The van der Waals surface area contributed by atoms with E-state index in [2.05, 4.69) is 41.9 Å². The summed E-state index contributed by atoms with van der Waals surface area (Å²) in [4.78, 5) is 21.0. The summed E-state index contributed by atoms with van der Waals surface area (Å²) in [7, 11) is 0. The van der Waals surface area contributed by atoms with Gasteiger partial charge in [0.25, 0.3) is 0 Å². The average Bonchev–Trinajstić information content (AvgIpc) is 3.43. The lowest BCUT2D eigenvalue weighted by molar-refractivity contribution is 0.584.